The number of aromatic amines is 1. The summed E-state index contributed by atoms with van der Waals surface area (Å²) in [6.45, 7) is 9.26. The van der Waals surface area contributed by atoms with Gasteiger partial charge in [0.25, 0.3) is 0 Å². The number of hydrogen-bond donors (Lipinski definition) is 1. The molecule has 146 valence electrons. The van der Waals surface area contributed by atoms with Crippen LogP contribution in [0, 0.1) is 6.92 Å². The van der Waals surface area contributed by atoms with Crippen molar-refractivity contribution in [1.82, 2.24) is 25.0 Å². The first-order valence-corrected chi connectivity index (χ1v) is 9.93. The van der Waals surface area contributed by atoms with Crippen molar-refractivity contribution in [3.63, 3.8) is 0 Å². The highest BCUT2D eigenvalue weighted by Crippen LogP contribution is 2.31. The number of H-pyrrole nitrogens is 1. The molecule has 27 heavy (non-hydrogen) atoms. The Balaban J connectivity index is 1.32. The van der Waals surface area contributed by atoms with Crippen LogP contribution in [-0.2, 0) is 11.3 Å². The Morgan fingerprint density at radius 1 is 1.26 bits per heavy atom. The number of hydrogen-bond acceptors (Lipinski definition) is 6. The molecule has 0 bridgehead atoms. The number of ether oxygens (including phenoxy) is 2. The molecule has 0 amide bonds. The van der Waals surface area contributed by atoms with E-state index in [9.17, 15) is 0 Å². The zero-order valence-corrected chi connectivity index (χ0v) is 16.1. The van der Waals surface area contributed by atoms with Crippen LogP contribution < -0.4 is 4.74 Å². The first-order valence-electron chi connectivity index (χ1n) is 9.93. The van der Waals surface area contributed by atoms with E-state index in [1.165, 1.54) is 12.0 Å². The maximum atomic E-state index is 6.00. The minimum absolute atomic E-state index is 0.306. The fraction of sp³-hybridized carbons (Fsp3) is 0.600. The van der Waals surface area contributed by atoms with Crippen LogP contribution in [0.15, 0.2) is 24.3 Å². The van der Waals surface area contributed by atoms with Crippen LogP contribution in [-0.4, -0.2) is 71.0 Å². The summed E-state index contributed by atoms with van der Waals surface area (Å²) < 4.78 is 11.4. The standard InChI is InChI=1S/C20H29N5O2/c1-16-21-20(23-22-16)19-6-3-7-25(19)15-17-4-2-5-18(14-17)27-13-10-24-8-11-26-12-9-24/h2,4-5,14,19H,3,6-13,15H2,1H3,(H,21,22,23)/t19-/m0/s1. The molecule has 1 aromatic carbocycles. The lowest BCUT2D eigenvalue weighted by Crippen LogP contribution is -2.38. The summed E-state index contributed by atoms with van der Waals surface area (Å²) in [6.07, 6.45) is 2.31. The molecule has 0 unspecified atom stereocenters. The number of rotatable bonds is 7. The summed E-state index contributed by atoms with van der Waals surface area (Å²) in [5.74, 6) is 2.75. The molecule has 1 N–H and O–H groups in total. The van der Waals surface area contributed by atoms with Gasteiger partial charge in [0.1, 0.15) is 18.2 Å². The molecule has 1 atom stereocenters. The van der Waals surface area contributed by atoms with Gasteiger partial charge < -0.3 is 9.47 Å². The smallest absolute Gasteiger partial charge is 0.167 e. The lowest BCUT2D eigenvalue weighted by atomic mass is 10.1. The van der Waals surface area contributed by atoms with Crippen molar-refractivity contribution in [3.8, 4) is 5.75 Å². The van der Waals surface area contributed by atoms with E-state index in [-0.39, 0.29) is 0 Å². The number of nitrogens with zero attached hydrogens (tertiary/aromatic N) is 4. The summed E-state index contributed by atoms with van der Waals surface area (Å²) in [6, 6.07) is 8.77. The average molecular weight is 371 g/mol. The van der Waals surface area contributed by atoms with Crippen molar-refractivity contribution in [2.45, 2.75) is 32.4 Å². The molecule has 1 aromatic heterocycles. The molecule has 2 aliphatic rings. The zero-order valence-electron chi connectivity index (χ0n) is 16.1. The van der Waals surface area contributed by atoms with Crippen LogP contribution in [0.1, 0.15) is 36.1 Å². The Labute approximate surface area is 160 Å². The number of morpholine rings is 1. The van der Waals surface area contributed by atoms with E-state index in [0.29, 0.717) is 12.6 Å². The molecular formula is C20H29N5O2. The van der Waals surface area contributed by atoms with Gasteiger partial charge in [-0.3, -0.25) is 14.9 Å². The number of aromatic nitrogens is 3. The Morgan fingerprint density at radius 3 is 2.96 bits per heavy atom. The Hall–Kier alpha value is -1.96. The van der Waals surface area contributed by atoms with Gasteiger partial charge in [0.15, 0.2) is 5.82 Å². The van der Waals surface area contributed by atoms with E-state index >= 15 is 0 Å². The third-order valence-corrected chi connectivity index (χ3v) is 5.34. The van der Waals surface area contributed by atoms with Gasteiger partial charge in [-0.25, -0.2) is 4.98 Å². The second kappa shape index (κ2) is 8.82. The van der Waals surface area contributed by atoms with Gasteiger partial charge in [0, 0.05) is 26.2 Å². The van der Waals surface area contributed by atoms with Crippen molar-refractivity contribution in [2.24, 2.45) is 0 Å². The van der Waals surface area contributed by atoms with E-state index in [1.54, 1.807) is 0 Å². The van der Waals surface area contributed by atoms with E-state index in [0.717, 1.165) is 69.8 Å². The van der Waals surface area contributed by atoms with E-state index in [4.69, 9.17) is 9.47 Å². The molecule has 2 aliphatic heterocycles. The summed E-state index contributed by atoms with van der Waals surface area (Å²) in [7, 11) is 0. The van der Waals surface area contributed by atoms with Crippen LogP contribution in [0.4, 0.5) is 0 Å². The monoisotopic (exact) mass is 371 g/mol. The normalized spacial score (nSPS) is 21.6. The number of nitrogens with one attached hydrogen (secondary N) is 1. The summed E-state index contributed by atoms with van der Waals surface area (Å²) in [5, 5.41) is 7.35. The lowest BCUT2D eigenvalue weighted by molar-refractivity contribution is 0.0322. The van der Waals surface area contributed by atoms with Gasteiger partial charge in [0.05, 0.1) is 19.3 Å². The zero-order chi connectivity index (χ0) is 18.5. The van der Waals surface area contributed by atoms with Crippen molar-refractivity contribution in [2.75, 3.05) is 46.0 Å². The molecule has 4 rings (SSSR count). The first kappa shape index (κ1) is 18.4. The van der Waals surface area contributed by atoms with Crippen LogP contribution >= 0.6 is 0 Å². The van der Waals surface area contributed by atoms with Crippen molar-refractivity contribution in [3.05, 3.63) is 41.5 Å². The molecule has 0 aliphatic carbocycles. The molecular weight excluding hydrogens is 342 g/mol. The topological polar surface area (TPSA) is 66.5 Å². The molecule has 0 saturated carbocycles. The third kappa shape index (κ3) is 4.86. The van der Waals surface area contributed by atoms with Crippen LogP contribution in [0.25, 0.3) is 0 Å². The second-order valence-electron chi connectivity index (χ2n) is 7.36. The molecule has 2 aromatic rings. The van der Waals surface area contributed by atoms with Crippen molar-refractivity contribution >= 4 is 0 Å². The molecule has 7 heteroatoms. The lowest BCUT2D eigenvalue weighted by Gasteiger charge is -2.26. The average Bonchev–Trinajstić information content (AvgIpc) is 3.32. The number of benzene rings is 1. The minimum Gasteiger partial charge on any atom is -0.492 e. The molecule has 7 nitrogen and oxygen atoms in total. The third-order valence-electron chi connectivity index (χ3n) is 5.34. The molecule has 0 radical (unpaired) electrons. The number of aryl methyl sites for hydroxylation is 1. The van der Waals surface area contributed by atoms with Gasteiger partial charge in [0.2, 0.25) is 0 Å². The Kier molecular flexibility index (Phi) is 6.01. The van der Waals surface area contributed by atoms with E-state index < -0.39 is 0 Å². The van der Waals surface area contributed by atoms with Gasteiger partial charge in [-0.05, 0) is 44.0 Å². The molecule has 3 heterocycles. The SMILES string of the molecule is Cc1nc([C@@H]2CCCN2Cc2cccc(OCCN3CCOCC3)c2)n[nH]1. The molecule has 2 fully saturated rings. The minimum atomic E-state index is 0.306. The highest BCUT2D eigenvalue weighted by atomic mass is 16.5. The second-order valence-corrected chi connectivity index (χ2v) is 7.36. The van der Waals surface area contributed by atoms with Gasteiger partial charge in [-0.15, -0.1) is 0 Å². The summed E-state index contributed by atoms with van der Waals surface area (Å²) >= 11 is 0. The summed E-state index contributed by atoms with van der Waals surface area (Å²) in [5.41, 5.74) is 1.28. The maximum absolute atomic E-state index is 6.00. The highest BCUT2D eigenvalue weighted by molar-refractivity contribution is 5.28. The maximum Gasteiger partial charge on any atom is 0.167 e. The molecule has 0 spiro atoms. The predicted molar refractivity (Wildman–Crippen MR) is 103 cm³/mol. The van der Waals surface area contributed by atoms with Gasteiger partial charge in [-0.2, -0.15) is 5.10 Å². The number of likely N-dealkylation sites (tertiary alicyclic amines) is 1. The van der Waals surface area contributed by atoms with Crippen molar-refractivity contribution < 1.29 is 9.47 Å². The first-order chi connectivity index (χ1) is 13.3. The fourth-order valence-corrected chi connectivity index (χ4v) is 3.90. The van der Waals surface area contributed by atoms with Gasteiger partial charge >= 0.3 is 0 Å². The quantitative estimate of drug-likeness (QED) is 0.805. The van der Waals surface area contributed by atoms with Crippen LogP contribution in [0.3, 0.4) is 0 Å². The van der Waals surface area contributed by atoms with E-state index in [1.807, 2.05) is 13.0 Å². The predicted octanol–water partition coefficient (Wildman–Crippen LogP) is 2.16. The van der Waals surface area contributed by atoms with Crippen LogP contribution in [0.5, 0.6) is 5.75 Å². The largest absolute Gasteiger partial charge is 0.492 e. The van der Waals surface area contributed by atoms with Crippen molar-refractivity contribution in [1.29, 1.82) is 0 Å². The van der Waals surface area contributed by atoms with E-state index in [2.05, 4.69) is 43.2 Å². The highest BCUT2D eigenvalue weighted by Gasteiger charge is 2.29. The molecule has 2 saturated heterocycles. The van der Waals surface area contributed by atoms with Crippen LogP contribution in [0.2, 0.25) is 0 Å². The van der Waals surface area contributed by atoms with Gasteiger partial charge in [-0.1, -0.05) is 12.1 Å². The Morgan fingerprint density at radius 2 is 2.15 bits per heavy atom. The summed E-state index contributed by atoms with van der Waals surface area (Å²) in [4.78, 5) is 9.40. The Bertz CT molecular complexity index is 729. The fourth-order valence-electron chi connectivity index (χ4n) is 3.90.